The molecule has 1 unspecified atom stereocenters. The second kappa shape index (κ2) is 5.49. The quantitative estimate of drug-likeness (QED) is 0.824. The predicted octanol–water partition coefficient (Wildman–Crippen LogP) is 0.754. The van der Waals surface area contributed by atoms with E-state index < -0.39 is 6.10 Å². The van der Waals surface area contributed by atoms with Crippen molar-refractivity contribution in [3.8, 4) is 0 Å². The minimum atomic E-state index is -0.643. The Kier molecular flexibility index (Phi) is 3.77. The second-order valence-corrected chi connectivity index (χ2v) is 3.79. The molecule has 0 saturated carbocycles. The lowest BCUT2D eigenvalue weighted by Crippen LogP contribution is -2.10. The van der Waals surface area contributed by atoms with E-state index in [0.717, 1.165) is 18.8 Å². The maximum Gasteiger partial charge on any atom is 0.138 e. The Morgan fingerprint density at radius 2 is 2.06 bits per heavy atom. The van der Waals surface area contributed by atoms with Crippen molar-refractivity contribution in [3.05, 3.63) is 36.4 Å². The first-order valence-corrected chi connectivity index (χ1v) is 5.61. The number of aliphatic hydroxyl groups excluding tert-OH is 1. The molecule has 90 valence electrons. The fourth-order valence-electron chi connectivity index (χ4n) is 1.62. The van der Waals surface area contributed by atoms with Gasteiger partial charge in [0, 0.05) is 30.9 Å². The predicted molar refractivity (Wildman–Crippen MR) is 61.0 cm³/mol. The van der Waals surface area contributed by atoms with Crippen molar-refractivity contribution in [2.75, 3.05) is 0 Å². The maximum atomic E-state index is 10.0. The zero-order chi connectivity index (χ0) is 12.1. The van der Waals surface area contributed by atoms with Gasteiger partial charge in [-0.25, -0.2) is 15.0 Å². The van der Waals surface area contributed by atoms with Crippen LogP contribution in [0.4, 0.5) is 0 Å². The molecule has 0 aliphatic heterocycles. The van der Waals surface area contributed by atoms with E-state index in [4.69, 9.17) is 0 Å². The molecule has 0 amide bonds. The molecule has 0 bridgehead atoms. The fourth-order valence-corrected chi connectivity index (χ4v) is 1.62. The van der Waals surface area contributed by atoms with Crippen molar-refractivity contribution in [3.63, 3.8) is 0 Å². The molecule has 1 N–H and O–H groups in total. The van der Waals surface area contributed by atoms with Crippen LogP contribution in [-0.2, 0) is 13.0 Å². The lowest BCUT2D eigenvalue weighted by atomic mass is 10.1. The van der Waals surface area contributed by atoms with Gasteiger partial charge in [0.25, 0.3) is 0 Å². The molecule has 2 rings (SSSR count). The molecule has 0 aromatic carbocycles. The van der Waals surface area contributed by atoms with Crippen LogP contribution in [0.5, 0.6) is 0 Å². The van der Waals surface area contributed by atoms with Gasteiger partial charge in [-0.05, 0) is 6.42 Å². The molecule has 2 aromatic rings. The summed E-state index contributed by atoms with van der Waals surface area (Å²) in [6.45, 7) is 2.89. The topological polar surface area (TPSA) is 76.7 Å². The molecular weight excluding hydrogens is 218 g/mol. The van der Waals surface area contributed by atoms with Gasteiger partial charge in [-0.1, -0.05) is 6.92 Å². The summed E-state index contributed by atoms with van der Waals surface area (Å²) >= 11 is 0. The summed E-state index contributed by atoms with van der Waals surface area (Å²) in [7, 11) is 0. The highest BCUT2D eigenvalue weighted by atomic mass is 16.3. The first kappa shape index (κ1) is 11.7. The van der Waals surface area contributed by atoms with E-state index >= 15 is 0 Å². The highest BCUT2D eigenvalue weighted by Gasteiger charge is 2.13. The van der Waals surface area contributed by atoms with Crippen LogP contribution in [0.1, 0.15) is 30.8 Å². The average molecular weight is 233 g/mol. The Morgan fingerprint density at radius 1 is 1.29 bits per heavy atom. The van der Waals surface area contributed by atoms with Crippen molar-refractivity contribution in [1.82, 2.24) is 24.7 Å². The minimum absolute atomic E-state index is 0.424. The van der Waals surface area contributed by atoms with Crippen LogP contribution in [-0.4, -0.2) is 29.8 Å². The second-order valence-electron chi connectivity index (χ2n) is 3.79. The van der Waals surface area contributed by atoms with E-state index in [2.05, 4.69) is 27.0 Å². The molecular formula is C11H15N5O. The van der Waals surface area contributed by atoms with Crippen LogP contribution < -0.4 is 0 Å². The SMILES string of the molecule is CCCn1ncnc1CC(O)c1cncnc1. The summed E-state index contributed by atoms with van der Waals surface area (Å²) in [6.07, 6.45) is 6.94. The molecule has 0 radical (unpaired) electrons. The van der Waals surface area contributed by atoms with Crippen molar-refractivity contribution in [1.29, 1.82) is 0 Å². The Hall–Kier alpha value is -1.82. The van der Waals surface area contributed by atoms with Crippen LogP contribution in [0.2, 0.25) is 0 Å². The van der Waals surface area contributed by atoms with Crippen molar-refractivity contribution < 1.29 is 5.11 Å². The van der Waals surface area contributed by atoms with E-state index in [0.29, 0.717) is 12.0 Å². The van der Waals surface area contributed by atoms with Crippen molar-refractivity contribution >= 4 is 0 Å². The van der Waals surface area contributed by atoms with E-state index in [1.807, 2.05) is 4.68 Å². The molecule has 2 heterocycles. The largest absolute Gasteiger partial charge is 0.388 e. The lowest BCUT2D eigenvalue weighted by molar-refractivity contribution is 0.173. The zero-order valence-electron chi connectivity index (χ0n) is 9.69. The van der Waals surface area contributed by atoms with Gasteiger partial charge in [-0.2, -0.15) is 5.10 Å². The summed E-state index contributed by atoms with van der Waals surface area (Å²) in [6, 6.07) is 0. The van der Waals surface area contributed by atoms with E-state index in [1.54, 1.807) is 12.4 Å². The number of hydrogen-bond donors (Lipinski definition) is 1. The first-order valence-electron chi connectivity index (χ1n) is 5.61. The molecule has 6 heteroatoms. The minimum Gasteiger partial charge on any atom is -0.388 e. The maximum absolute atomic E-state index is 10.0. The summed E-state index contributed by atoms with van der Waals surface area (Å²) in [5.74, 6) is 0.781. The van der Waals surface area contributed by atoms with Gasteiger partial charge in [0.1, 0.15) is 18.5 Å². The normalized spacial score (nSPS) is 12.6. The number of rotatable bonds is 5. The van der Waals surface area contributed by atoms with Gasteiger partial charge in [-0.15, -0.1) is 0 Å². The van der Waals surface area contributed by atoms with Crippen LogP contribution >= 0.6 is 0 Å². The van der Waals surface area contributed by atoms with Gasteiger partial charge in [0.2, 0.25) is 0 Å². The van der Waals surface area contributed by atoms with Gasteiger partial charge >= 0.3 is 0 Å². The number of aryl methyl sites for hydroxylation is 1. The third kappa shape index (κ3) is 2.85. The van der Waals surface area contributed by atoms with Crippen molar-refractivity contribution in [2.45, 2.75) is 32.4 Å². The molecule has 1 atom stereocenters. The van der Waals surface area contributed by atoms with E-state index in [-0.39, 0.29) is 0 Å². The lowest BCUT2D eigenvalue weighted by Gasteiger charge is -2.10. The monoisotopic (exact) mass is 233 g/mol. The smallest absolute Gasteiger partial charge is 0.138 e. The molecule has 0 fully saturated rings. The Morgan fingerprint density at radius 3 is 2.76 bits per heavy atom. The molecule has 0 aliphatic carbocycles. The number of hydrogen-bond acceptors (Lipinski definition) is 5. The van der Waals surface area contributed by atoms with E-state index in [1.165, 1.54) is 12.7 Å². The van der Waals surface area contributed by atoms with Gasteiger partial charge in [0.05, 0.1) is 6.10 Å². The summed E-state index contributed by atoms with van der Waals surface area (Å²) in [4.78, 5) is 11.9. The third-order valence-electron chi connectivity index (χ3n) is 2.47. The molecule has 0 spiro atoms. The van der Waals surface area contributed by atoms with Gasteiger partial charge in [0.15, 0.2) is 0 Å². The Balaban J connectivity index is 2.08. The molecule has 6 nitrogen and oxygen atoms in total. The third-order valence-corrected chi connectivity index (χ3v) is 2.47. The summed E-state index contributed by atoms with van der Waals surface area (Å²) in [5, 5.41) is 14.1. The number of aliphatic hydroxyl groups is 1. The Bertz CT molecular complexity index is 456. The highest BCUT2D eigenvalue weighted by Crippen LogP contribution is 2.15. The summed E-state index contributed by atoms with van der Waals surface area (Å²) in [5.41, 5.74) is 0.693. The van der Waals surface area contributed by atoms with Crippen molar-refractivity contribution in [2.24, 2.45) is 0 Å². The average Bonchev–Trinajstić information content (AvgIpc) is 2.78. The van der Waals surface area contributed by atoms with E-state index in [9.17, 15) is 5.11 Å². The number of nitrogens with zero attached hydrogens (tertiary/aromatic N) is 5. The first-order chi connectivity index (χ1) is 8.31. The molecule has 0 saturated heterocycles. The van der Waals surface area contributed by atoms with Crippen LogP contribution in [0, 0.1) is 0 Å². The zero-order valence-corrected chi connectivity index (χ0v) is 9.69. The molecule has 2 aromatic heterocycles. The van der Waals surface area contributed by atoms with Gasteiger partial charge < -0.3 is 5.11 Å². The molecule has 17 heavy (non-hydrogen) atoms. The van der Waals surface area contributed by atoms with Crippen LogP contribution in [0.25, 0.3) is 0 Å². The molecule has 0 aliphatic rings. The van der Waals surface area contributed by atoms with Crippen LogP contribution in [0.3, 0.4) is 0 Å². The highest BCUT2D eigenvalue weighted by molar-refractivity contribution is 5.08. The fraction of sp³-hybridized carbons (Fsp3) is 0.455. The standard InChI is InChI=1S/C11H15N5O/c1-2-3-16-11(14-8-15-16)4-10(17)9-5-12-7-13-6-9/h5-8,10,17H,2-4H2,1H3. The summed E-state index contributed by atoms with van der Waals surface area (Å²) < 4.78 is 1.81. The number of aromatic nitrogens is 5. The van der Waals surface area contributed by atoms with Crippen LogP contribution in [0.15, 0.2) is 25.0 Å². The van der Waals surface area contributed by atoms with Gasteiger partial charge in [-0.3, -0.25) is 4.68 Å². The Labute approximate surface area is 99.4 Å².